The van der Waals surface area contributed by atoms with Crippen LogP contribution in [0.5, 0.6) is 11.5 Å². The van der Waals surface area contributed by atoms with Gasteiger partial charge in [0, 0.05) is 31.3 Å². The second-order valence-corrected chi connectivity index (χ2v) is 7.12. The number of hydrogen-bond donors (Lipinski definition) is 1. The molecule has 3 aromatic rings. The van der Waals surface area contributed by atoms with E-state index in [9.17, 15) is 9.18 Å². The number of hydrogen-bond acceptors (Lipinski definition) is 6. The SMILES string of the molecule is C=C(F)CC(C)n1c(=O)n(C)c2cnc(Nc3cc4c(cc3C)OCCO4)nc21. The number of nitrogens with zero attached hydrogens (tertiary/aromatic N) is 4. The van der Waals surface area contributed by atoms with E-state index < -0.39 is 11.9 Å². The van der Waals surface area contributed by atoms with Gasteiger partial charge in [0.25, 0.3) is 0 Å². The molecule has 1 atom stereocenters. The molecular formula is C20H22FN5O3. The lowest BCUT2D eigenvalue weighted by Gasteiger charge is -2.20. The standard InChI is InChI=1S/C20H22FN5O3/c1-11-7-16-17(29-6-5-28-16)9-14(11)23-19-22-10-15-18(24-19)26(20(27)25(15)4)13(3)8-12(2)21/h7,9-10,13H,2,5-6,8H2,1,3-4H3,(H,22,23,24). The number of nitrogens with one attached hydrogen (secondary N) is 1. The second-order valence-electron chi connectivity index (χ2n) is 7.12. The summed E-state index contributed by atoms with van der Waals surface area (Å²) in [5.74, 6) is 1.19. The Hall–Kier alpha value is -3.36. The maximum atomic E-state index is 13.3. The van der Waals surface area contributed by atoms with Crippen molar-refractivity contribution in [3.63, 3.8) is 0 Å². The fraction of sp³-hybridized carbons (Fsp3) is 0.350. The number of ether oxygens (including phenoxy) is 2. The van der Waals surface area contributed by atoms with Gasteiger partial charge in [0.05, 0.1) is 12.0 Å². The lowest BCUT2D eigenvalue weighted by Crippen LogP contribution is -2.25. The summed E-state index contributed by atoms with van der Waals surface area (Å²) in [6.45, 7) is 8.01. The quantitative estimate of drug-likeness (QED) is 0.708. The summed E-state index contributed by atoms with van der Waals surface area (Å²) >= 11 is 0. The molecule has 0 aliphatic carbocycles. The summed E-state index contributed by atoms with van der Waals surface area (Å²) in [6, 6.07) is 3.30. The van der Waals surface area contributed by atoms with E-state index in [1.54, 1.807) is 20.2 Å². The molecule has 0 spiro atoms. The smallest absolute Gasteiger partial charge is 0.330 e. The number of fused-ring (bicyclic) bond motifs is 2. The number of aryl methyl sites for hydroxylation is 2. The molecule has 1 aliphatic rings. The number of anilines is 2. The Morgan fingerprint density at radius 3 is 2.72 bits per heavy atom. The summed E-state index contributed by atoms with van der Waals surface area (Å²) < 4.78 is 27.5. The summed E-state index contributed by atoms with van der Waals surface area (Å²) in [4.78, 5) is 21.5. The molecule has 0 fully saturated rings. The Morgan fingerprint density at radius 1 is 1.34 bits per heavy atom. The third kappa shape index (κ3) is 3.43. The zero-order chi connectivity index (χ0) is 20.7. The van der Waals surface area contributed by atoms with Gasteiger partial charge in [-0.05, 0) is 25.5 Å². The van der Waals surface area contributed by atoms with Crippen molar-refractivity contribution in [2.24, 2.45) is 7.05 Å². The van der Waals surface area contributed by atoms with E-state index in [4.69, 9.17) is 9.47 Å². The van der Waals surface area contributed by atoms with E-state index in [0.717, 1.165) is 11.3 Å². The van der Waals surface area contributed by atoms with E-state index in [1.807, 2.05) is 19.1 Å². The number of allylic oxidation sites excluding steroid dienone is 1. The lowest BCUT2D eigenvalue weighted by atomic mass is 10.1. The van der Waals surface area contributed by atoms with Crippen LogP contribution in [-0.2, 0) is 7.05 Å². The molecule has 1 unspecified atom stereocenters. The third-order valence-corrected chi connectivity index (χ3v) is 4.93. The highest BCUT2D eigenvalue weighted by molar-refractivity contribution is 5.73. The van der Waals surface area contributed by atoms with Gasteiger partial charge in [0.2, 0.25) is 5.95 Å². The van der Waals surface area contributed by atoms with Gasteiger partial charge in [0.1, 0.15) is 18.7 Å². The summed E-state index contributed by atoms with van der Waals surface area (Å²) in [6.07, 6.45) is 1.61. The van der Waals surface area contributed by atoms with E-state index in [1.165, 1.54) is 9.13 Å². The van der Waals surface area contributed by atoms with Crippen LogP contribution in [0, 0.1) is 6.92 Å². The minimum atomic E-state index is -0.485. The molecule has 152 valence electrons. The molecule has 9 heteroatoms. The lowest BCUT2D eigenvalue weighted by molar-refractivity contribution is 0.171. The zero-order valence-corrected chi connectivity index (χ0v) is 16.5. The fourth-order valence-corrected chi connectivity index (χ4v) is 3.45. The molecule has 1 N–H and O–H groups in total. The Kier molecular flexibility index (Phi) is 4.73. The topological polar surface area (TPSA) is 83.2 Å². The van der Waals surface area contributed by atoms with Crippen LogP contribution in [0.4, 0.5) is 16.0 Å². The number of aromatic nitrogens is 4. The number of halogens is 1. The number of imidazole rings is 1. The maximum absolute atomic E-state index is 13.3. The Balaban J connectivity index is 1.74. The Labute approximate surface area is 166 Å². The molecule has 0 radical (unpaired) electrons. The van der Waals surface area contributed by atoms with E-state index in [-0.39, 0.29) is 12.1 Å². The first-order valence-corrected chi connectivity index (χ1v) is 9.29. The molecule has 0 amide bonds. The van der Waals surface area contributed by atoms with Crippen LogP contribution in [-0.4, -0.2) is 32.3 Å². The van der Waals surface area contributed by atoms with Crippen LogP contribution in [0.25, 0.3) is 11.2 Å². The van der Waals surface area contributed by atoms with Crippen molar-refractivity contribution in [1.29, 1.82) is 0 Å². The van der Waals surface area contributed by atoms with Gasteiger partial charge in [-0.3, -0.25) is 9.13 Å². The largest absolute Gasteiger partial charge is 0.486 e. The molecule has 8 nitrogen and oxygen atoms in total. The van der Waals surface area contributed by atoms with Gasteiger partial charge in [-0.2, -0.15) is 4.98 Å². The normalized spacial score (nSPS) is 14.1. The molecule has 1 aliphatic heterocycles. The van der Waals surface area contributed by atoms with Gasteiger partial charge in [0.15, 0.2) is 17.1 Å². The first-order valence-electron chi connectivity index (χ1n) is 9.29. The molecule has 29 heavy (non-hydrogen) atoms. The van der Waals surface area contributed by atoms with Crippen molar-refractivity contribution >= 4 is 22.8 Å². The summed E-state index contributed by atoms with van der Waals surface area (Å²) in [5, 5.41) is 3.18. The first kappa shape index (κ1) is 19.0. The maximum Gasteiger partial charge on any atom is 0.330 e. The fourth-order valence-electron chi connectivity index (χ4n) is 3.45. The molecule has 0 saturated heterocycles. The highest BCUT2D eigenvalue weighted by Crippen LogP contribution is 2.36. The van der Waals surface area contributed by atoms with Gasteiger partial charge in [-0.15, -0.1) is 0 Å². The molecular weight excluding hydrogens is 377 g/mol. The summed E-state index contributed by atoms with van der Waals surface area (Å²) in [7, 11) is 1.64. The second kappa shape index (κ2) is 7.23. The number of benzene rings is 1. The first-order chi connectivity index (χ1) is 13.8. The predicted octanol–water partition coefficient (Wildman–Crippen LogP) is 3.39. The summed E-state index contributed by atoms with van der Waals surface area (Å²) in [5.41, 5.74) is 2.42. The Bertz CT molecular complexity index is 1170. The van der Waals surface area contributed by atoms with Crippen molar-refractivity contribution in [1.82, 2.24) is 19.1 Å². The monoisotopic (exact) mass is 399 g/mol. The molecule has 2 aromatic heterocycles. The average molecular weight is 399 g/mol. The molecule has 3 heterocycles. The van der Waals surface area contributed by atoms with Crippen molar-refractivity contribution < 1.29 is 13.9 Å². The highest BCUT2D eigenvalue weighted by Gasteiger charge is 2.20. The molecule has 0 saturated carbocycles. The zero-order valence-electron chi connectivity index (χ0n) is 16.5. The van der Waals surface area contributed by atoms with E-state index in [0.29, 0.717) is 41.8 Å². The van der Waals surface area contributed by atoms with Gasteiger partial charge >= 0.3 is 5.69 Å². The van der Waals surface area contributed by atoms with Crippen LogP contribution in [0.3, 0.4) is 0 Å². The van der Waals surface area contributed by atoms with Crippen LogP contribution in [0.2, 0.25) is 0 Å². The molecule has 4 rings (SSSR count). The average Bonchev–Trinajstić information content (AvgIpc) is 2.92. The predicted molar refractivity (Wildman–Crippen MR) is 108 cm³/mol. The minimum absolute atomic E-state index is 0.0348. The molecule has 1 aromatic carbocycles. The third-order valence-electron chi connectivity index (χ3n) is 4.93. The van der Waals surface area contributed by atoms with Crippen molar-refractivity contribution in [3.8, 4) is 11.5 Å². The van der Waals surface area contributed by atoms with Gasteiger partial charge in [-0.1, -0.05) is 6.58 Å². The highest BCUT2D eigenvalue weighted by atomic mass is 19.1. The van der Waals surface area contributed by atoms with Crippen molar-refractivity contribution in [3.05, 3.63) is 46.8 Å². The van der Waals surface area contributed by atoms with Crippen LogP contribution in [0.1, 0.15) is 24.9 Å². The van der Waals surface area contributed by atoms with Crippen LogP contribution >= 0.6 is 0 Å². The van der Waals surface area contributed by atoms with E-state index in [2.05, 4.69) is 21.9 Å². The van der Waals surface area contributed by atoms with Crippen LogP contribution in [0.15, 0.2) is 35.5 Å². The van der Waals surface area contributed by atoms with E-state index >= 15 is 0 Å². The Morgan fingerprint density at radius 2 is 2.03 bits per heavy atom. The van der Waals surface area contributed by atoms with Gasteiger partial charge in [-0.25, -0.2) is 14.2 Å². The molecule has 0 bridgehead atoms. The van der Waals surface area contributed by atoms with Gasteiger partial charge < -0.3 is 14.8 Å². The minimum Gasteiger partial charge on any atom is -0.486 e. The number of rotatable bonds is 5. The van der Waals surface area contributed by atoms with Crippen LogP contribution < -0.4 is 20.5 Å². The van der Waals surface area contributed by atoms with Crippen molar-refractivity contribution in [2.45, 2.75) is 26.3 Å². The van der Waals surface area contributed by atoms with Crippen molar-refractivity contribution in [2.75, 3.05) is 18.5 Å².